The summed E-state index contributed by atoms with van der Waals surface area (Å²) in [7, 11) is 3.09. The smallest absolute Gasteiger partial charge is 0.251 e. The van der Waals surface area contributed by atoms with Gasteiger partial charge < -0.3 is 15.4 Å². The SMILES string of the molecule is CC.CNC(=O)c1ccc(CC(C(=O)Nc2cc(F)c(/C=C/c3ccccc3OC)c(F)c2)c2ccc(C(C)C)cc2)cc1.O=S. The molecule has 0 spiro atoms. The Morgan fingerprint density at radius 2 is 1.41 bits per heavy atom. The summed E-state index contributed by atoms with van der Waals surface area (Å²) in [6.45, 7) is 8.18. The van der Waals surface area contributed by atoms with Gasteiger partial charge in [-0.05, 0) is 65.4 Å². The van der Waals surface area contributed by atoms with Crippen LogP contribution in [0, 0.1) is 11.6 Å². The number of hydrogen-bond acceptors (Lipinski definition) is 5. The first-order chi connectivity index (χ1) is 22.2. The molecule has 0 aliphatic carbocycles. The summed E-state index contributed by atoms with van der Waals surface area (Å²) in [4.78, 5) is 25.5. The van der Waals surface area contributed by atoms with Crippen molar-refractivity contribution in [3.63, 3.8) is 0 Å². The third-order valence-electron chi connectivity index (χ3n) is 7.12. The van der Waals surface area contributed by atoms with Crippen molar-refractivity contribution in [1.29, 1.82) is 0 Å². The van der Waals surface area contributed by atoms with E-state index in [4.69, 9.17) is 8.95 Å². The van der Waals surface area contributed by atoms with Crippen LogP contribution in [0.3, 0.4) is 0 Å². The maximum absolute atomic E-state index is 15.1. The van der Waals surface area contributed by atoms with Crippen molar-refractivity contribution in [1.82, 2.24) is 5.32 Å². The number of rotatable bonds is 10. The van der Waals surface area contributed by atoms with Crippen LogP contribution in [0.1, 0.15) is 77.7 Å². The molecule has 4 rings (SSSR count). The second-order valence-electron chi connectivity index (χ2n) is 10.3. The number of ether oxygens (including phenoxy) is 1. The zero-order chi connectivity index (χ0) is 34.2. The van der Waals surface area contributed by atoms with Crippen LogP contribution in [0.4, 0.5) is 14.5 Å². The van der Waals surface area contributed by atoms with Crippen LogP contribution in [0.15, 0.2) is 84.9 Å². The Kier molecular flexibility index (Phi) is 15.4. The number of benzene rings is 4. The summed E-state index contributed by atoms with van der Waals surface area (Å²) >= 11 is 2.83. The molecule has 0 saturated carbocycles. The summed E-state index contributed by atoms with van der Waals surface area (Å²) in [6.07, 6.45) is 3.24. The van der Waals surface area contributed by atoms with E-state index >= 15 is 8.78 Å². The highest BCUT2D eigenvalue weighted by atomic mass is 32.1. The van der Waals surface area contributed by atoms with Gasteiger partial charge in [-0.15, -0.1) is 0 Å². The maximum Gasteiger partial charge on any atom is 0.251 e. The predicted molar refractivity (Wildman–Crippen MR) is 183 cm³/mol. The topological polar surface area (TPSA) is 84.5 Å². The Balaban J connectivity index is 0.00000177. The number of methoxy groups -OCH3 is 1. The molecule has 6 nitrogen and oxygen atoms in total. The Labute approximate surface area is 275 Å². The molecule has 4 aromatic rings. The van der Waals surface area contributed by atoms with E-state index < -0.39 is 23.5 Å². The summed E-state index contributed by atoms with van der Waals surface area (Å²) in [5.41, 5.74) is 3.71. The Bertz CT molecular complexity index is 1580. The lowest BCUT2D eigenvalue weighted by molar-refractivity contribution is -0.117. The molecule has 0 bridgehead atoms. The van der Waals surface area contributed by atoms with Gasteiger partial charge in [0.1, 0.15) is 17.4 Å². The number of anilines is 1. The molecule has 0 saturated heterocycles. The fraction of sp³-hybridized carbons (Fsp3) is 0.243. The monoisotopic (exact) mass is 646 g/mol. The highest BCUT2D eigenvalue weighted by Crippen LogP contribution is 2.28. The highest BCUT2D eigenvalue weighted by molar-refractivity contribution is 7.44. The summed E-state index contributed by atoms with van der Waals surface area (Å²) in [5.74, 6) is -1.96. The number of nitrogens with one attached hydrogen (secondary N) is 2. The molecule has 2 N–H and O–H groups in total. The molecule has 0 aliphatic heterocycles. The lowest BCUT2D eigenvalue weighted by Crippen LogP contribution is -2.23. The zero-order valence-electron chi connectivity index (χ0n) is 26.9. The van der Waals surface area contributed by atoms with Crippen LogP contribution in [0.25, 0.3) is 12.2 Å². The van der Waals surface area contributed by atoms with Gasteiger partial charge in [0.05, 0.1) is 13.0 Å². The standard InChI is InChI=1S/C35H34F2N2O3.C2H6.OS/c1-22(2)24-13-15-25(16-14-24)30(19-23-9-11-27(12-10-23)34(40)38-3)35(41)39-28-20-31(36)29(32(37)21-28)18-17-26-7-5-6-8-33(26)42-4;2*1-2/h5-18,20-22,30H,19H2,1-4H3,(H,38,40)(H,39,41);1-2H3;/b18-17+;;. The van der Waals surface area contributed by atoms with Crippen molar-refractivity contribution < 1.29 is 27.3 Å². The number of amides is 2. The first-order valence-electron chi connectivity index (χ1n) is 14.9. The number of carbonyl (C=O) groups is 2. The van der Waals surface area contributed by atoms with Gasteiger partial charge in [-0.2, -0.15) is 4.21 Å². The quantitative estimate of drug-likeness (QED) is 0.170. The first kappa shape index (κ1) is 37.4. The molecular weight excluding hydrogens is 606 g/mol. The molecule has 0 aliphatic rings. The Morgan fingerprint density at radius 1 is 0.848 bits per heavy atom. The summed E-state index contributed by atoms with van der Waals surface area (Å²) < 4.78 is 43.3. The maximum atomic E-state index is 15.1. The lowest BCUT2D eigenvalue weighted by Gasteiger charge is -2.19. The van der Waals surface area contributed by atoms with Crippen molar-refractivity contribution in [3.8, 4) is 5.75 Å². The molecule has 4 aromatic carbocycles. The first-order valence-corrected chi connectivity index (χ1v) is 15.2. The average molecular weight is 647 g/mol. The van der Waals surface area contributed by atoms with Gasteiger partial charge in [0.2, 0.25) is 5.91 Å². The van der Waals surface area contributed by atoms with Gasteiger partial charge in [0, 0.05) is 29.4 Å². The normalized spacial score (nSPS) is 11.1. The molecule has 0 fully saturated rings. The second-order valence-corrected chi connectivity index (χ2v) is 10.3. The van der Waals surface area contributed by atoms with Crippen LogP contribution in [-0.4, -0.2) is 30.2 Å². The highest BCUT2D eigenvalue weighted by Gasteiger charge is 2.23. The van der Waals surface area contributed by atoms with E-state index in [9.17, 15) is 9.59 Å². The van der Waals surface area contributed by atoms with E-state index in [0.717, 1.165) is 28.8 Å². The molecule has 1 atom stereocenters. The van der Waals surface area contributed by atoms with Crippen LogP contribution in [0.5, 0.6) is 5.75 Å². The van der Waals surface area contributed by atoms with Crippen LogP contribution < -0.4 is 15.4 Å². The minimum Gasteiger partial charge on any atom is -0.496 e. The Hall–Kier alpha value is -4.76. The average Bonchev–Trinajstić information content (AvgIpc) is 3.08. The van der Waals surface area contributed by atoms with Gasteiger partial charge in [-0.1, -0.05) is 88.4 Å². The molecule has 0 aromatic heterocycles. The molecular formula is C37H40F2N2O4S. The number of carbonyl (C=O) groups excluding carboxylic acids is 2. The van der Waals surface area contributed by atoms with E-state index in [0.29, 0.717) is 29.2 Å². The van der Waals surface area contributed by atoms with Gasteiger partial charge in [0.15, 0.2) is 12.5 Å². The largest absolute Gasteiger partial charge is 0.496 e. The summed E-state index contributed by atoms with van der Waals surface area (Å²) in [6, 6.07) is 24.2. The van der Waals surface area contributed by atoms with Crippen molar-refractivity contribution in [3.05, 3.63) is 130 Å². The number of para-hydroxylation sites is 1. The van der Waals surface area contributed by atoms with Crippen LogP contribution >= 0.6 is 0 Å². The van der Waals surface area contributed by atoms with E-state index in [1.807, 2.05) is 38.1 Å². The third-order valence-corrected chi connectivity index (χ3v) is 7.12. The number of halogens is 2. The minimum absolute atomic E-state index is 0.0169. The number of hydrogen-bond donors (Lipinski definition) is 2. The van der Waals surface area contributed by atoms with E-state index in [-0.39, 0.29) is 17.2 Å². The van der Waals surface area contributed by atoms with Crippen molar-refractivity contribution in [2.24, 2.45) is 0 Å². The van der Waals surface area contributed by atoms with Gasteiger partial charge in [-0.3, -0.25) is 9.59 Å². The Morgan fingerprint density at radius 3 is 1.96 bits per heavy atom. The molecule has 0 heterocycles. The van der Waals surface area contributed by atoms with E-state index in [1.165, 1.54) is 13.2 Å². The fourth-order valence-corrected chi connectivity index (χ4v) is 4.67. The molecule has 1 unspecified atom stereocenters. The van der Waals surface area contributed by atoms with Crippen molar-refractivity contribution in [2.75, 3.05) is 19.5 Å². The van der Waals surface area contributed by atoms with Crippen molar-refractivity contribution >= 4 is 42.2 Å². The van der Waals surface area contributed by atoms with Gasteiger partial charge >= 0.3 is 0 Å². The molecule has 2 amide bonds. The zero-order valence-corrected chi connectivity index (χ0v) is 27.7. The molecule has 0 radical (unpaired) electrons. The van der Waals surface area contributed by atoms with E-state index in [2.05, 4.69) is 37.0 Å². The third kappa shape index (κ3) is 10.1. The fourth-order valence-electron chi connectivity index (χ4n) is 4.67. The molecule has 242 valence electrons. The van der Waals surface area contributed by atoms with Crippen LogP contribution in [-0.2, 0) is 23.7 Å². The predicted octanol–water partition coefficient (Wildman–Crippen LogP) is 8.28. The lowest BCUT2D eigenvalue weighted by atomic mass is 9.89. The van der Waals surface area contributed by atoms with Crippen molar-refractivity contribution in [2.45, 2.75) is 46.0 Å². The summed E-state index contributed by atoms with van der Waals surface area (Å²) in [5, 5.41) is 5.30. The van der Waals surface area contributed by atoms with Crippen LogP contribution in [0.2, 0.25) is 0 Å². The van der Waals surface area contributed by atoms with Gasteiger partial charge in [0.25, 0.3) is 5.91 Å². The molecule has 46 heavy (non-hydrogen) atoms. The van der Waals surface area contributed by atoms with E-state index in [1.54, 1.807) is 61.7 Å². The molecule has 9 heteroatoms. The minimum atomic E-state index is -0.806. The second kappa shape index (κ2) is 18.9. The van der Waals surface area contributed by atoms with Gasteiger partial charge in [-0.25, -0.2) is 8.78 Å².